The summed E-state index contributed by atoms with van der Waals surface area (Å²) in [6.45, 7) is 1.50. The fourth-order valence-electron chi connectivity index (χ4n) is 0.977. The van der Waals surface area contributed by atoms with Crippen LogP contribution in [0.3, 0.4) is 0 Å². The zero-order valence-corrected chi connectivity index (χ0v) is 7.75. The van der Waals surface area contributed by atoms with Crippen LogP contribution in [0, 0.1) is 4.91 Å². The van der Waals surface area contributed by atoms with Gasteiger partial charge >= 0.3 is 11.2 Å². The Morgan fingerprint density at radius 2 is 2.00 bits per heavy atom. The Morgan fingerprint density at radius 1 is 1.43 bits per heavy atom. The minimum atomic E-state index is -0.743. The van der Waals surface area contributed by atoms with E-state index in [-0.39, 0.29) is 0 Å². The molecule has 0 aromatic heterocycles. The highest BCUT2D eigenvalue weighted by Gasteiger charge is 2.30. The van der Waals surface area contributed by atoms with Crippen LogP contribution < -0.4 is 16.0 Å². The summed E-state index contributed by atoms with van der Waals surface area (Å²) in [4.78, 5) is 21.8. The third-order valence-electron chi connectivity index (χ3n) is 1.68. The smallest absolute Gasteiger partial charge is 0.320 e. The van der Waals surface area contributed by atoms with Crippen LogP contribution in [0.4, 0.5) is 5.69 Å². The summed E-state index contributed by atoms with van der Waals surface area (Å²) in [5, 5.41) is 3.39. The summed E-state index contributed by atoms with van der Waals surface area (Å²) in [5.74, 6) is -0.522. The molecule has 5 heteroatoms. The molecule has 0 saturated carbocycles. The lowest BCUT2D eigenvalue weighted by molar-refractivity contribution is -0.119. The second-order valence-electron chi connectivity index (χ2n) is 2.86. The van der Waals surface area contributed by atoms with Crippen molar-refractivity contribution >= 4 is 11.6 Å². The highest BCUT2D eigenvalue weighted by atomic mass is 16.3. The number of hydrogen-bond acceptors (Lipinski definition) is 4. The van der Waals surface area contributed by atoms with E-state index in [0.29, 0.717) is 5.69 Å². The summed E-state index contributed by atoms with van der Waals surface area (Å²) >= 11 is 0. The van der Waals surface area contributed by atoms with Crippen LogP contribution in [-0.2, 0) is 4.79 Å². The minimum absolute atomic E-state index is 0.421. The molecule has 1 atom stereocenters. The van der Waals surface area contributed by atoms with E-state index in [1.807, 2.05) is 0 Å². The SMILES string of the molecule is C[C@H](N)C(=O)N([N+]=O)c1ccccc1. The highest BCUT2D eigenvalue weighted by Crippen LogP contribution is 2.11. The second kappa shape index (κ2) is 4.48. The zero-order chi connectivity index (χ0) is 10.6. The first-order valence-electron chi connectivity index (χ1n) is 4.14. The van der Waals surface area contributed by atoms with Gasteiger partial charge in [0.05, 0.1) is 6.04 Å². The molecule has 0 unspecified atom stereocenters. The normalized spacial score (nSPS) is 11.9. The van der Waals surface area contributed by atoms with Gasteiger partial charge in [-0.15, -0.1) is 0 Å². The number of carbonyl (C=O) groups is 1. The number of nitrogens with two attached hydrogens (primary N) is 1. The number of benzene rings is 1. The number of nitroso groups, excluding NO2 is 1. The molecule has 73 valence electrons. The first-order valence-corrected chi connectivity index (χ1v) is 4.14. The summed E-state index contributed by atoms with van der Waals surface area (Å²) in [5.41, 5.74) is 5.78. The summed E-state index contributed by atoms with van der Waals surface area (Å²) < 4.78 is 0. The van der Waals surface area contributed by atoms with Crippen LogP contribution in [0.2, 0.25) is 0 Å². The molecule has 5 nitrogen and oxygen atoms in total. The highest BCUT2D eigenvalue weighted by molar-refractivity contribution is 5.95. The topological polar surface area (TPSA) is 77.5 Å². The van der Waals surface area contributed by atoms with E-state index < -0.39 is 11.9 Å². The lowest BCUT2D eigenvalue weighted by Crippen LogP contribution is -2.42. The molecule has 1 aromatic rings. The fourth-order valence-corrected chi connectivity index (χ4v) is 0.977. The first kappa shape index (κ1) is 10.3. The molecule has 1 aromatic carbocycles. The van der Waals surface area contributed by atoms with E-state index in [9.17, 15) is 9.70 Å². The predicted octanol–water partition coefficient (Wildman–Crippen LogP) is 0.384. The van der Waals surface area contributed by atoms with Crippen LogP contribution in [-0.4, -0.2) is 11.9 Å². The van der Waals surface area contributed by atoms with Crippen molar-refractivity contribution in [2.24, 2.45) is 5.73 Å². The lowest BCUT2D eigenvalue weighted by atomic mass is 10.2. The molecule has 0 heterocycles. The van der Waals surface area contributed by atoms with E-state index in [1.54, 1.807) is 30.3 Å². The standard InChI is InChI=1S/C9H11N3O2/c1-7(10)9(13)12(11-14)8-5-3-2-4-6-8/h2-7H,10H2,1H3/q+1/t7-/m0/s1. The summed E-state index contributed by atoms with van der Waals surface area (Å²) in [6.07, 6.45) is 0. The van der Waals surface area contributed by atoms with Crippen molar-refractivity contribution in [1.29, 1.82) is 0 Å². The lowest BCUT2D eigenvalue weighted by Gasteiger charge is -2.05. The number of anilines is 1. The Hall–Kier alpha value is -1.75. The molecule has 0 aliphatic rings. The van der Waals surface area contributed by atoms with Gasteiger partial charge in [-0.2, -0.15) is 0 Å². The molecule has 1 radical (unpaired) electrons. The van der Waals surface area contributed by atoms with E-state index in [1.165, 1.54) is 6.92 Å². The van der Waals surface area contributed by atoms with Crippen molar-refractivity contribution in [2.45, 2.75) is 13.0 Å². The Kier molecular flexibility index (Phi) is 3.30. The molecular formula is C9H11N3O2+. The second-order valence-corrected chi connectivity index (χ2v) is 2.86. The van der Waals surface area contributed by atoms with Crippen LogP contribution >= 0.6 is 0 Å². The molecule has 0 aliphatic heterocycles. The largest absolute Gasteiger partial charge is 0.494 e. The third kappa shape index (κ3) is 2.14. The molecule has 2 N–H and O–H groups in total. The third-order valence-corrected chi connectivity index (χ3v) is 1.68. The Morgan fingerprint density at radius 3 is 2.43 bits per heavy atom. The van der Waals surface area contributed by atoms with Gasteiger partial charge in [0.25, 0.3) is 0 Å². The number of para-hydroxylation sites is 1. The average Bonchev–Trinajstić information content (AvgIpc) is 2.20. The van der Waals surface area contributed by atoms with Crippen LogP contribution in [0.1, 0.15) is 6.92 Å². The van der Waals surface area contributed by atoms with E-state index >= 15 is 0 Å². The van der Waals surface area contributed by atoms with Gasteiger partial charge < -0.3 is 5.73 Å². The molecule has 0 fully saturated rings. The van der Waals surface area contributed by atoms with Gasteiger partial charge in [0, 0.05) is 5.01 Å². The van der Waals surface area contributed by atoms with Crippen LogP contribution in [0.25, 0.3) is 0 Å². The Labute approximate surface area is 81.5 Å². The molecule has 14 heavy (non-hydrogen) atoms. The van der Waals surface area contributed by atoms with Gasteiger partial charge in [0.2, 0.25) is 0 Å². The number of carbonyl (C=O) groups excluding carboxylic acids is 1. The molecular weight excluding hydrogens is 182 g/mol. The maximum Gasteiger partial charge on any atom is 0.494 e. The number of amides is 1. The Balaban J connectivity index is 2.94. The van der Waals surface area contributed by atoms with Crippen molar-refractivity contribution in [1.82, 2.24) is 5.29 Å². The average molecular weight is 193 g/mol. The van der Waals surface area contributed by atoms with Crippen molar-refractivity contribution < 1.29 is 4.79 Å². The van der Waals surface area contributed by atoms with Gasteiger partial charge in [-0.1, -0.05) is 18.2 Å². The summed E-state index contributed by atoms with van der Waals surface area (Å²) in [6, 6.07) is 7.68. The molecule has 1 rings (SSSR count). The number of nitrogens with zero attached hydrogens (tertiary/aromatic N) is 2. The maximum absolute atomic E-state index is 11.4. The van der Waals surface area contributed by atoms with Crippen LogP contribution in [0.5, 0.6) is 0 Å². The minimum Gasteiger partial charge on any atom is -0.320 e. The van der Waals surface area contributed by atoms with Crippen molar-refractivity contribution in [3.05, 3.63) is 35.2 Å². The number of hydrogen-bond donors (Lipinski definition) is 1. The van der Waals surface area contributed by atoms with E-state index in [0.717, 1.165) is 5.01 Å². The van der Waals surface area contributed by atoms with Gasteiger partial charge in [0.1, 0.15) is 10.6 Å². The van der Waals surface area contributed by atoms with E-state index in [2.05, 4.69) is 5.29 Å². The van der Waals surface area contributed by atoms with E-state index in [4.69, 9.17) is 5.73 Å². The van der Waals surface area contributed by atoms with Crippen molar-refractivity contribution in [3.8, 4) is 0 Å². The van der Waals surface area contributed by atoms with Gasteiger partial charge in [-0.05, 0) is 19.1 Å². The molecule has 0 bridgehead atoms. The fraction of sp³-hybridized carbons (Fsp3) is 0.222. The molecule has 0 spiro atoms. The van der Waals surface area contributed by atoms with Gasteiger partial charge in [-0.3, -0.25) is 4.79 Å². The molecule has 1 amide bonds. The van der Waals surface area contributed by atoms with Crippen molar-refractivity contribution in [3.63, 3.8) is 0 Å². The van der Waals surface area contributed by atoms with Gasteiger partial charge in [0.15, 0.2) is 0 Å². The van der Waals surface area contributed by atoms with Gasteiger partial charge in [-0.25, -0.2) is 0 Å². The molecule has 0 saturated heterocycles. The Bertz CT molecular complexity index is 324. The van der Waals surface area contributed by atoms with Crippen LogP contribution in [0.15, 0.2) is 30.3 Å². The zero-order valence-electron chi connectivity index (χ0n) is 7.75. The monoisotopic (exact) mass is 193 g/mol. The predicted molar refractivity (Wildman–Crippen MR) is 53.1 cm³/mol. The summed E-state index contributed by atoms with van der Waals surface area (Å²) in [7, 11) is 0. The maximum atomic E-state index is 11.4. The quantitative estimate of drug-likeness (QED) is 0.705. The molecule has 0 aliphatic carbocycles. The first-order chi connectivity index (χ1) is 6.66. The number of rotatable bonds is 3. The van der Waals surface area contributed by atoms with Crippen molar-refractivity contribution in [2.75, 3.05) is 5.01 Å².